The molecular weight excluding hydrogens is 554 g/mol. The van der Waals surface area contributed by atoms with Gasteiger partial charge in [0.2, 0.25) is 11.8 Å². The third kappa shape index (κ3) is 9.16. The van der Waals surface area contributed by atoms with Crippen molar-refractivity contribution in [1.29, 1.82) is 0 Å². The number of nitrogens with zero attached hydrogens (tertiary/aromatic N) is 1. The van der Waals surface area contributed by atoms with E-state index in [1.54, 1.807) is 24.0 Å². The SMILES string of the molecule is CC(=O)N(CCC(O)C(Cc1ccccc1)NC(=O)c1cccc(O)c1C)C(Cc1ccccc1)C(=O)NC1CCCCC1. The number of amides is 3. The molecule has 0 bridgehead atoms. The molecule has 3 atom stereocenters. The Balaban J connectivity index is 1.53. The van der Waals surface area contributed by atoms with Crippen LogP contribution in [0.25, 0.3) is 0 Å². The van der Waals surface area contributed by atoms with E-state index in [9.17, 15) is 24.6 Å². The van der Waals surface area contributed by atoms with Gasteiger partial charge in [-0.3, -0.25) is 14.4 Å². The summed E-state index contributed by atoms with van der Waals surface area (Å²) in [6.45, 7) is 3.26. The summed E-state index contributed by atoms with van der Waals surface area (Å²) in [7, 11) is 0. The van der Waals surface area contributed by atoms with Crippen molar-refractivity contribution in [2.24, 2.45) is 0 Å². The maximum absolute atomic E-state index is 13.7. The minimum atomic E-state index is -1.02. The van der Waals surface area contributed by atoms with Gasteiger partial charge in [-0.2, -0.15) is 0 Å². The first-order valence-corrected chi connectivity index (χ1v) is 15.7. The summed E-state index contributed by atoms with van der Waals surface area (Å²) in [5.41, 5.74) is 2.65. The van der Waals surface area contributed by atoms with Gasteiger partial charge in [-0.25, -0.2) is 0 Å². The summed E-state index contributed by atoms with van der Waals surface area (Å²) in [4.78, 5) is 41.6. The molecule has 0 spiro atoms. The number of phenolic OH excluding ortho intramolecular Hbond substituents is 1. The standard InChI is InChI=1S/C36H45N3O5/c1-25-30(19-12-20-33(25)41)35(43)38-31(23-27-13-6-3-7-14-27)34(42)21-22-39(26(2)40)32(24-28-15-8-4-9-16-28)36(44)37-29-17-10-5-11-18-29/h3-4,6-9,12-16,19-20,29,31-32,34,41-42H,5,10-11,17-18,21-24H2,1-2H3,(H,37,44)(H,38,43). The highest BCUT2D eigenvalue weighted by atomic mass is 16.3. The van der Waals surface area contributed by atoms with Gasteiger partial charge in [-0.1, -0.05) is 86.0 Å². The van der Waals surface area contributed by atoms with Crippen LogP contribution in [0.3, 0.4) is 0 Å². The van der Waals surface area contributed by atoms with Crippen molar-refractivity contribution in [1.82, 2.24) is 15.5 Å². The molecule has 0 saturated heterocycles. The van der Waals surface area contributed by atoms with Crippen LogP contribution < -0.4 is 10.6 Å². The molecule has 3 aromatic carbocycles. The molecule has 3 amide bonds. The number of rotatable bonds is 13. The summed E-state index contributed by atoms with van der Waals surface area (Å²) in [6.07, 6.45) is 5.04. The number of nitrogens with one attached hydrogen (secondary N) is 2. The Morgan fingerprint density at radius 1 is 0.864 bits per heavy atom. The Hall–Kier alpha value is -4.17. The number of benzene rings is 3. The van der Waals surface area contributed by atoms with Crippen molar-refractivity contribution in [3.8, 4) is 5.75 Å². The number of aliphatic hydroxyl groups is 1. The zero-order valence-corrected chi connectivity index (χ0v) is 25.7. The van der Waals surface area contributed by atoms with Crippen molar-refractivity contribution in [3.05, 3.63) is 101 Å². The monoisotopic (exact) mass is 599 g/mol. The van der Waals surface area contributed by atoms with Gasteiger partial charge in [0.15, 0.2) is 0 Å². The molecule has 234 valence electrons. The van der Waals surface area contributed by atoms with Crippen LogP contribution in [0, 0.1) is 6.92 Å². The second-order valence-electron chi connectivity index (χ2n) is 11.8. The smallest absolute Gasteiger partial charge is 0.252 e. The molecule has 4 rings (SSSR count). The second kappa shape index (κ2) is 16.1. The van der Waals surface area contributed by atoms with Crippen LogP contribution in [0.4, 0.5) is 0 Å². The second-order valence-corrected chi connectivity index (χ2v) is 11.8. The van der Waals surface area contributed by atoms with E-state index in [1.165, 1.54) is 19.4 Å². The third-order valence-electron chi connectivity index (χ3n) is 8.60. The van der Waals surface area contributed by atoms with Gasteiger partial charge >= 0.3 is 0 Å². The molecule has 4 N–H and O–H groups in total. The fourth-order valence-electron chi connectivity index (χ4n) is 6.00. The molecule has 1 fully saturated rings. The predicted molar refractivity (Wildman–Crippen MR) is 171 cm³/mol. The van der Waals surface area contributed by atoms with Gasteiger partial charge in [0.25, 0.3) is 5.91 Å². The molecule has 1 aliphatic carbocycles. The molecule has 1 saturated carbocycles. The molecule has 8 heteroatoms. The van der Waals surface area contributed by atoms with Crippen molar-refractivity contribution in [3.63, 3.8) is 0 Å². The molecule has 1 aliphatic rings. The van der Waals surface area contributed by atoms with Crippen LogP contribution in [0.15, 0.2) is 78.9 Å². The number of phenols is 1. The third-order valence-corrected chi connectivity index (χ3v) is 8.60. The van der Waals surface area contributed by atoms with E-state index in [4.69, 9.17) is 0 Å². The molecule has 3 unspecified atom stereocenters. The van der Waals surface area contributed by atoms with Crippen LogP contribution in [0.5, 0.6) is 5.75 Å². The van der Waals surface area contributed by atoms with Crippen molar-refractivity contribution in [2.45, 2.75) is 89.4 Å². The van der Waals surface area contributed by atoms with E-state index in [1.807, 2.05) is 60.7 Å². The highest BCUT2D eigenvalue weighted by Crippen LogP contribution is 2.21. The van der Waals surface area contributed by atoms with Gasteiger partial charge in [0, 0.05) is 37.1 Å². The molecule has 44 heavy (non-hydrogen) atoms. The zero-order chi connectivity index (χ0) is 31.5. The normalized spacial score (nSPS) is 15.5. The van der Waals surface area contributed by atoms with E-state index >= 15 is 0 Å². The van der Waals surface area contributed by atoms with Crippen LogP contribution in [0.2, 0.25) is 0 Å². The summed E-state index contributed by atoms with van der Waals surface area (Å²) < 4.78 is 0. The Kier molecular flexibility index (Phi) is 11.9. The first-order chi connectivity index (χ1) is 21.2. The Morgan fingerprint density at radius 2 is 1.48 bits per heavy atom. The topological polar surface area (TPSA) is 119 Å². The van der Waals surface area contributed by atoms with Crippen LogP contribution in [-0.2, 0) is 22.4 Å². The minimum Gasteiger partial charge on any atom is -0.508 e. The summed E-state index contributed by atoms with van der Waals surface area (Å²) in [5.74, 6) is -0.823. The summed E-state index contributed by atoms with van der Waals surface area (Å²) >= 11 is 0. The fraction of sp³-hybridized carbons (Fsp3) is 0.417. The predicted octanol–water partition coefficient (Wildman–Crippen LogP) is 4.70. The molecule has 0 heterocycles. The maximum Gasteiger partial charge on any atom is 0.252 e. The number of aromatic hydroxyl groups is 1. The summed E-state index contributed by atoms with van der Waals surface area (Å²) in [6, 6.07) is 22.6. The minimum absolute atomic E-state index is 0.0193. The Bertz CT molecular complexity index is 1380. The van der Waals surface area contributed by atoms with Gasteiger partial charge in [-0.15, -0.1) is 0 Å². The van der Waals surface area contributed by atoms with Gasteiger partial charge < -0.3 is 25.7 Å². The van der Waals surface area contributed by atoms with Crippen LogP contribution in [0.1, 0.15) is 72.5 Å². The highest BCUT2D eigenvalue weighted by Gasteiger charge is 2.32. The van der Waals surface area contributed by atoms with E-state index in [0.29, 0.717) is 24.0 Å². The van der Waals surface area contributed by atoms with Gasteiger partial charge in [0.1, 0.15) is 11.8 Å². The Labute approximate surface area is 260 Å². The number of carbonyl (C=O) groups is 3. The summed E-state index contributed by atoms with van der Waals surface area (Å²) in [5, 5.41) is 27.8. The number of hydrogen-bond acceptors (Lipinski definition) is 5. The lowest BCUT2D eigenvalue weighted by Gasteiger charge is -2.34. The van der Waals surface area contributed by atoms with E-state index in [0.717, 1.165) is 36.8 Å². The first kappa shape index (κ1) is 32.7. The quantitative estimate of drug-likeness (QED) is 0.227. The Morgan fingerprint density at radius 3 is 2.09 bits per heavy atom. The average Bonchev–Trinajstić information content (AvgIpc) is 3.02. The van der Waals surface area contributed by atoms with Gasteiger partial charge in [0.05, 0.1) is 12.1 Å². The van der Waals surface area contributed by atoms with Crippen molar-refractivity contribution in [2.75, 3.05) is 6.54 Å². The van der Waals surface area contributed by atoms with Crippen LogP contribution in [-0.4, -0.2) is 63.6 Å². The largest absolute Gasteiger partial charge is 0.508 e. The van der Waals surface area contributed by atoms with Gasteiger partial charge in [-0.05, 0) is 55.9 Å². The van der Waals surface area contributed by atoms with E-state index in [-0.39, 0.29) is 36.6 Å². The lowest BCUT2D eigenvalue weighted by atomic mass is 9.94. The molecular formula is C36H45N3O5. The van der Waals surface area contributed by atoms with Crippen molar-refractivity contribution >= 4 is 17.7 Å². The lowest BCUT2D eigenvalue weighted by molar-refractivity contribution is -0.139. The molecule has 3 aromatic rings. The van der Waals surface area contributed by atoms with E-state index in [2.05, 4.69) is 10.6 Å². The molecule has 0 aliphatic heterocycles. The zero-order valence-electron chi connectivity index (χ0n) is 25.7. The van der Waals surface area contributed by atoms with Crippen LogP contribution >= 0.6 is 0 Å². The molecule has 0 radical (unpaired) electrons. The number of hydrogen-bond donors (Lipinski definition) is 4. The maximum atomic E-state index is 13.7. The molecule has 8 nitrogen and oxygen atoms in total. The fourth-order valence-corrected chi connectivity index (χ4v) is 6.00. The van der Waals surface area contributed by atoms with E-state index < -0.39 is 24.1 Å². The lowest BCUT2D eigenvalue weighted by Crippen LogP contribution is -2.54. The number of carbonyl (C=O) groups excluding carboxylic acids is 3. The first-order valence-electron chi connectivity index (χ1n) is 15.7. The average molecular weight is 600 g/mol. The number of aliphatic hydroxyl groups excluding tert-OH is 1. The van der Waals surface area contributed by atoms with Crippen molar-refractivity contribution < 1.29 is 24.6 Å². The molecule has 0 aromatic heterocycles. The highest BCUT2D eigenvalue weighted by molar-refractivity contribution is 5.96.